The maximum Gasteiger partial charge on any atom is 0.0725 e. The van der Waals surface area contributed by atoms with Gasteiger partial charge in [-0.05, 0) is 42.1 Å². The maximum atomic E-state index is 5.55. The standard InChI is InChI=1S/C19H21NO/c1-20-18(14-7-8-15-12-21-13-16(15)11-14)19(9-10-19)17-5-3-2-4-6-17/h2-8,11,18,20H,9-10,12-13H2,1H3. The highest BCUT2D eigenvalue weighted by molar-refractivity contribution is 5.41. The molecule has 0 radical (unpaired) electrons. The second-order valence-electron chi connectivity index (χ2n) is 6.26. The zero-order valence-corrected chi connectivity index (χ0v) is 12.4. The van der Waals surface area contributed by atoms with E-state index in [4.69, 9.17) is 4.74 Å². The average molecular weight is 279 g/mol. The molecule has 4 rings (SSSR count). The molecule has 0 saturated heterocycles. The van der Waals surface area contributed by atoms with Crippen molar-refractivity contribution >= 4 is 0 Å². The Morgan fingerprint density at radius 2 is 1.76 bits per heavy atom. The van der Waals surface area contributed by atoms with E-state index in [2.05, 4.69) is 60.9 Å². The quantitative estimate of drug-likeness (QED) is 0.921. The summed E-state index contributed by atoms with van der Waals surface area (Å²) in [5, 5.41) is 3.57. The molecule has 0 aromatic heterocycles. The molecular formula is C19H21NO. The lowest BCUT2D eigenvalue weighted by Crippen LogP contribution is -2.29. The van der Waals surface area contributed by atoms with Crippen molar-refractivity contribution in [2.75, 3.05) is 7.05 Å². The van der Waals surface area contributed by atoms with Gasteiger partial charge in [0.1, 0.15) is 0 Å². The van der Waals surface area contributed by atoms with Crippen molar-refractivity contribution < 1.29 is 4.74 Å². The van der Waals surface area contributed by atoms with Crippen LogP contribution in [0.25, 0.3) is 0 Å². The third kappa shape index (κ3) is 2.10. The van der Waals surface area contributed by atoms with Gasteiger partial charge >= 0.3 is 0 Å². The van der Waals surface area contributed by atoms with Crippen molar-refractivity contribution in [2.24, 2.45) is 0 Å². The van der Waals surface area contributed by atoms with Crippen LogP contribution in [0.1, 0.15) is 41.1 Å². The second kappa shape index (κ2) is 4.97. The van der Waals surface area contributed by atoms with Crippen LogP contribution in [0.4, 0.5) is 0 Å². The Morgan fingerprint density at radius 1 is 1.00 bits per heavy atom. The number of ether oxygens (including phenoxy) is 1. The molecule has 1 aliphatic carbocycles. The first-order valence-electron chi connectivity index (χ1n) is 7.76. The molecule has 2 nitrogen and oxygen atoms in total. The van der Waals surface area contributed by atoms with E-state index in [9.17, 15) is 0 Å². The fourth-order valence-corrected chi connectivity index (χ4v) is 3.78. The van der Waals surface area contributed by atoms with Crippen molar-refractivity contribution in [3.8, 4) is 0 Å². The predicted octanol–water partition coefficient (Wildman–Crippen LogP) is 3.71. The smallest absolute Gasteiger partial charge is 0.0725 e. The normalized spacial score (nSPS) is 20.0. The number of rotatable bonds is 4. The third-order valence-electron chi connectivity index (χ3n) is 5.06. The second-order valence-corrected chi connectivity index (χ2v) is 6.26. The lowest BCUT2D eigenvalue weighted by atomic mass is 9.83. The Bertz CT molecular complexity index is 646. The van der Waals surface area contributed by atoms with E-state index in [0.717, 1.165) is 13.2 Å². The molecule has 1 N–H and O–H groups in total. The Labute approximate surface area is 126 Å². The van der Waals surface area contributed by atoms with Crippen LogP contribution in [0.3, 0.4) is 0 Å². The highest BCUT2D eigenvalue weighted by Gasteiger charge is 2.50. The van der Waals surface area contributed by atoms with Crippen LogP contribution in [-0.4, -0.2) is 7.05 Å². The molecule has 0 amide bonds. The highest BCUT2D eigenvalue weighted by atomic mass is 16.5. The van der Waals surface area contributed by atoms with Gasteiger partial charge in [0, 0.05) is 11.5 Å². The summed E-state index contributed by atoms with van der Waals surface area (Å²) in [5.74, 6) is 0. The maximum absolute atomic E-state index is 5.55. The first kappa shape index (κ1) is 13.1. The summed E-state index contributed by atoms with van der Waals surface area (Å²) in [6.45, 7) is 1.53. The van der Waals surface area contributed by atoms with E-state index in [-0.39, 0.29) is 5.41 Å². The first-order chi connectivity index (χ1) is 10.3. The fraction of sp³-hybridized carbons (Fsp3) is 0.368. The van der Waals surface area contributed by atoms with E-state index in [1.807, 2.05) is 0 Å². The lowest BCUT2D eigenvalue weighted by molar-refractivity contribution is 0.134. The molecule has 0 bridgehead atoms. The Hall–Kier alpha value is -1.64. The summed E-state index contributed by atoms with van der Waals surface area (Å²) in [5.41, 5.74) is 5.82. The van der Waals surface area contributed by atoms with Crippen LogP contribution in [0.5, 0.6) is 0 Å². The minimum Gasteiger partial charge on any atom is -0.372 e. The fourth-order valence-electron chi connectivity index (χ4n) is 3.78. The predicted molar refractivity (Wildman–Crippen MR) is 84.1 cm³/mol. The minimum absolute atomic E-state index is 0.268. The zero-order valence-electron chi connectivity index (χ0n) is 12.4. The summed E-state index contributed by atoms with van der Waals surface area (Å²) < 4.78 is 5.55. The molecule has 1 heterocycles. The number of benzene rings is 2. The van der Waals surface area contributed by atoms with Gasteiger partial charge in [-0.1, -0.05) is 48.5 Å². The van der Waals surface area contributed by atoms with Gasteiger partial charge in [-0.25, -0.2) is 0 Å². The minimum atomic E-state index is 0.268. The van der Waals surface area contributed by atoms with Gasteiger partial charge in [-0.15, -0.1) is 0 Å². The number of nitrogens with one attached hydrogen (secondary N) is 1. The summed E-state index contributed by atoms with van der Waals surface area (Å²) in [6, 6.07) is 18.2. The van der Waals surface area contributed by atoms with Crippen LogP contribution < -0.4 is 5.32 Å². The molecule has 1 aliphatic heterocycles. The van der Waals surface area contributed by atoms with E-state index in [1.165, 1.54) is 35.1 Å². The average Bonchev–Trinajstić information content (AvgIpc) is 3.19. The third-order valence-corrected chi connectivity index (χ3v) is 5.06. The number of hydrogen-bond acceptors (Lipinski definition) is 2. The van der Waals surface area contributed by atoms with Crippen LogP contribution in [0, 0.1) is 0 Å². The zero-order chi connectivity index (χ0) is 14.3. The number of hydrogen-bond donors (Lipinski definition) is 1. The van der Waals surface area contributed by atoms with Gasteiger partial charge in [0.05, 0.1) is 13.2 Å². The Morgan fingerprint density at radius 3 is 2.48 bits per heavy atom. The van der Waals surface area contributed by atoms with Crippen LogP contribution >= 0.6 is 0 Å². The van der Waals surface area contributed by atoms with Crippen LogP contribution in [0.15, 0.2) is 48.5 Å². The molecule has 1 saturated carbocycles. The molecule has 21 heavy (non-hydrogen) atoms. The summed E-state index contributed by atoms with van der Waals surface area (Å²) >= 11 is 0. The van der Waals surface area contributed by atoms with Gasteiger partial charge in [-0.3, -0.25) is 0 Å². The topological polar surface area (TPSA) is 21.3 Å². The van der Waals surface area contributed by atoms with Crippen molar-refractivity contribution in [1.29, 1.82) is 0 Å². The van der Waals surface area contributed by atoms with Gasteiger partial charge < -0.3 is 10.1 Å². The van der Waals surface area contributed by atoms with Crippen molar-refractivity contribution in [3.05, 3.63) is 70.8 Å². The number of likely N-dealkylation sites (N-methyl/N-ethyl adjacent to an activating group) is 1. The summed E-state index contributed by atoms with van der Waals surface area (Å²) in [7, 11) is 2.08. The molecule has 1 fully saturated rings. The lowest BCUT2D eigenvalue weighted by Gasteiger charge is -2.28. The van der Waals surface area contributed by atoms with E-state index >= 15 is 0 Å². The number of fused-ring (bicyclic) bond motifs is 1. The molecule has 2 aromatic rings. The SMILES string of the molecule is CNC(c1ccc2c(c1)COC2)C1(c2ccccc2)CC1. The molecule has 1 unspecified atom stereocenters. The van der Waals surface area contributed by atoms with E-state index < -0.39 is 0 Å². The van der Waals surface area contributed by atoms with Gasteiger partial charge in [0.25, 0.3) is 0 Å². The van der Waals surface area contributed by atoms with Crippen molar-refractivity contribution in [3.63, 3.8) is 0 Å². The van der Waals surface area contributed by atoms with Crippen molar-refractivity contribution in [1.82, 2.24) is 5.32 Å². The van der Waals surface area contributed by atoms with Gasteiger partial charge in [0.2, 0.25) is 0 Å². The van der Waals surface area contributed by atoms with Crippen LogP contribution in [-0.2, 0) is 23.4 Å². The molecule has 2 aliphatic rings. The summed E-state index contributed by atoms with van der Waals surface area (Å²) in [6.07, 6.45) is 2.52. The highest BCUT2D eigenvalue weighted by Crippen LogP contribution is 2.56. The largest absolute Gasteiger partial charge is 0.372 e. The molecule has 108 valence electrons. The first-order valence-corrected chi connectivity index (χ1v) is 7.76. The molecule has 0 spiro atoms. The van der Waals surface area contributed by atoms with E-state index in [0.29, 0.717) is 6.04 Å². The Balaban J connectivity index is 1.72. The summed E-state index contributed by atoms with van der Waals surface area (Å²) in [4.78, 5) is 0. The molecule has 2 heteroatoms. The molecule has 2 aromatic carbocycles. The van der Waals surface area contributed by atoms with E-state index in [1.54, 1.807) is 0 Å². The monoisotopic (exact) mass is 279 g/mol. The molecular weight excluding hydrogens is 258 g/mol. The van der Waals surface area contributed by atoms with Crippen LogP contribution in [0.2, 0.25) is 0 Å². The Kier molecular flexibility index (Phi) is 3.09. The molecule has 1 atom stereocenters. The van der Waals surface area contributed by atoms with Gasteiger partial charge in [-0.2, -0.15) is 0 Å². The van der Waals surface area contributed by atoms with Crippen molar-refractivity contribution in [2.45, 2.75) is 37.5 Å². The van der Waals surface area contributed by atoms with Gasteiger partial charge in [0.15, 0.2) is 0 Å².